The highest BCUT2D eigenvalue weighted by Gasteiger charge is 2.39. The van der Waals surface area contributed by atoms with E-state index < -0.39 is 35.9 Å². The maximum Gasteiger partial charge on any atom is 0.337 e. The van der Waals surface area contributed by atoms with Crippen LogP contribution in [0.5, 0.6) is 0 Å². The summed E-state index contributed by atoms with van der Waals surface area (Å²) in [5.74, 6) is -1.63. The molecule has 0 radical (unpaired) electrons. The molecule has 0 spiro atoms. The molecule has 34 heteroatoms. The van der Waals surface area contributed by atoms with E-state index in [1.165, 1.54) is 152 Å². The molecule has 4 saturated heterocycles. The summed E-state index contributed by atoms with van der Waals surface area (Å²) in [6.45, 7) is 10.6. The average Bonchev–Trinajstić information content (AvgIpc) is 1.63. The van der Waals surface area contributed by atoms with Crippen molar-refractivity contribution in [1.82, 2.24) is 39.3 Å². The standard InChI is InChI=1S/C27H26ClN3O5S.C27H28ClN3O3S.C20H21N3O5.C14H19NO2.C14H17NO2.C4H10N2/c1-20-2-4-22(5-3-20)18-30(27(32)23-8-12-25(13-9-23)31(33)34)26-14-16-29(19-26)37(35,36)17-15-21-6-10-24(28)11-7-21;1-20-2-4-22(5-3-20)18-31(27(32)23-8-12-25(29)13-9-23)26-14-16-30(19-26)35(33,34)17-15-21-6-10-24(28)11-7-21;1-28-20(25)16-4-2-14(3-5-16)13-22(18-10-11-21-12-18)19(24)15-6-8-17(9-7-15)23(26)27;2*1-17-14(16)12-8-6-11(7-9-12)10-15-13-4-2-3-5-13;5-4-1-2-6-3-4/h2-13,15,17,26H,14,16,18-19H2,1H3;2-13,15,17,26H,14,16,18-19,29H2,1H3;2-9,18,21H,10-13H2,1H3;6-9,13,15H,2-5,10H2,1H3;6-10,13H,2-5H2,1H3;4,6H,1-3,5H2/b2*17-15+;;;;. The molecular formula is C106H121Cl2N13O17S2. The Bertz CT molecular complexity index is 6090. The number of sulfonamides is 2. The topological polar surface area (TPSA) is 401 Å². The first-order valence-electron chi connectivity index (χ1n) is 46.5. The zero-order chi connectivity index (χ0) is 100. The normalized spacial score (nSPS) is 17.0. The summed E-state index contributed by atoms with van der Waals surface area (Å²) >= 11 is 11.8. The van der Waals surface area contributed by atoms with Crippen LogP contribution >= 0.6 is 23.2 Å². The number of anilines is 1. The van der Waals surface area contributed by atoms with Gasteiger partial charge in [0.2, 0.25) is 20.0 Å². The third-order valence-electron chi connectivity index (χ3n) is 24.7. The molecule has 7 N–H and O–H groups in total. The lowest BCUT2D eigenvalue weighted by molar-refractivity contribution is -0.385. The molecular weight excluding hydrogens is 1860 g/mol. The Kier molecular flexibility index (Phi) is 41.0. The molecule has 10 aromatic carbocycles. The summed E-state index contributed by atoms with van der Waals surface area (Å²) in [5.41, 5.74) is 23.3. The number of halogens is 2. The SMILES string of the molecule is COC(=O)c1ccc(C=NC2CCCC2)cc1.COC(=O)c1ccc(CN(C(=O)c2ccc([N+](=O)[O-])cc2)C2CCNC2)cc1.COC(=O)c1ccc(CNC2CCCC2)cc1.Cc1ccc(CN(C(=O)c2ccc(N)cc2)C2CCN(S(=O)(=O)/C=C/c3ccc(Cl)cc3)C2)cc1.Cc1ccc(CN(C(=O)c2ccc([N+](=O)[O-])cc2)C2CCN(S(=O)(=O)/C=C/c3ccc(Cl)cc3)C2)cc1.NC1CCNC1. The van der Waals surface area contributed by atoms with Gasteiger partial charge in [0, 0.05) is 175 Å². The van der Waals surface area contributed by atoms with E-state index in [2.05, 4.69) is 30.4 Å². The highest BCUT2D eigenvalue weighted by Crippen LogP contribution is 2.31. The van der Waals surface area contributed by atoms with Crippen LogP contribution < -0.4 is 27.4 Å². The number of rotatable bonds is 28. The molecule has 0 aromatic heterocycles. The lowest BCUT2D eigenvalue weighted by Crippen LogP contribution is -2.42. The number of non-ortho nitro benzene ring substituents is 2. The van der Waals surface area contributed by atoms with Crippen molar-refractivity contribution in [3.8, 4) is 0 Å². The summed E-state index contributed by atoms with van der Waals surface area (Å²) in [6, 6.07) is 70.3. The van der Waals surface area contributed by atoms with Crippen molar-refractivity contribution in [3.05, 3.63) is 367 Å². The van der Waals surface area contributed by atoms with Crippen molar-refractivity contribution in [2.75, 3.05) is 79.4 Å². The Morgan fingerprint density at radius 2 is 0.786 bits per heavy atom. The maximum absolute atomic E-state index is 13.5. The van der Waals surface area contributed by atoms with Crippen LogP contribution in [-0.4, -0.2) is 202 Å². The summed E-state index contributed by atoms with van der Waals surface area (Å²) in [5, 5.41) is 35.3. The Hall–Kier alpha value is -13.0. The Balaban J connectivity index is 0.000000169. The second-order valence-corrected chi connectivity index (χ2v) is 39.4. The molecule has 6 aliphatic rings. The van der Waals surface area contributed by atoms with Crippen molar-refractivity contribution in [3.63, 3.8) is 0 Å². The zero-order valence-corrected chi connectivity index (χ0v) is 82.3. The molecule has 0 bridgehead atoms. The number of nitrogens with zero attached hydrogens (tertiary/aromatic N) is 8. The first-order chi connectivity index (χ1) is 67.3. The number of methoxy groups -OCH3 is 3. The highest BCUT2D eigenvalue weighted by molar-refractivity contribution is 7.92. The van der Waals surface area contributed by atoms with Gasteiger partial charge in [0.25, 0.3) is 29.1 Å². The molecule has 30 nitrogen and oxygen atoms in total. The van der Waals surface area contributed by atoms with E-state index in [1.54, 1.807) is 130 Å². The fourth-order valence-electron chi connectivity index (χ4n) is 16.5. The summed E-state index contributed by atoms with van der Waals surface area (Å²) in [7, 11) is -3.24. The number of nitrogens with one attached hydrogen (secondary N) is 3. The number of carbonyl (C=O) groups is 6. The van der Waals surface area contributed by atoms with Crippen molar-refractivity contribution < 1.29 is 69.7 Å². The van der Waals surface area contributed by atoms with Gasteiger partial charge in [-0.25, -0.2) is 31.2 Å². The number of hydrogen-bond donors (Lipinski definition) is 5. The van der Waals surface area contributed by atoms with Crippen LogP contribution in [0.2, 0.25) is 10.0 Å². The number of esters is 3. The minimum atomic E-state index is -3.71. The third kappa shape index (κ3) is 33.1. The van der Waals surface area contributed by atoms with Gasteiger partial charge in [-0.1, -0.05) is 169 Å². The minimum absolute atomic E-state index is 0.0305. The van der Waals surface area contributed by atoms with Crippen LogP contribution in [-0.2, 0) is 60.4 Å². The van der Waals surface area contributed by atoms with E-state index >= 15 is 0 Å². The van der Waals surface area contributed by atoms with E-state index in [0.717, 1.165) is 78.0 Å². The van der Waals surface area contributed by atoms with Crippen LogP contribution in [0.25, 0.3) is 12.2 Å². The van der Waals surface area contributed by atoms with Gasteiger partial charge < -0.3 is 56.3 Å². The summed E-state index contributed by atoms with van der Waals surface area (Å²) < 4.78 is 68.9. The molecule has 2 aliphatic carbocycles. The number of amides is 3. The molecule has 3 amide bonds. The number of nitrogen functional groups attached to an aromatic ring is 1. The molecule has 4 aliphatic heterocycles. The largest absolute Gasteiger partial charge is 0.465 e. The van der Waals surface area contributed by atoms with Gasteiger partial charge in [0.1, 0.15) is 0 Å². The van der Waals surface area contributed by atoms with Crippen LogP contribution in [0, 0.1) is 34.1 Å². The number of nitro benzene ring substituents is 2. The van der Waals surface area contributed by atoms with Gasteiger partial charge in [-0.2, -0.15) is 8.61 Å². The van der Waals surface area contributed by atoms with Crippen molar-refractivity contribution in [1.29, 1.82) is 0 Å². The lowest BCUT2D eigenvalue weighted by Gasteiger charge is -2.29. The molecule has 140 heavy (non-hydrogen) atoms. The van der Waals surface area contributed by atoms with Gasteiger partial charge in [-0.3, -0.25) is 39.6 Å². The predicted octanol–water partition coefficient (Wildman–Crippen LogP) is 17.3. The smallest absolute Gasteiger partial charge is 0.337 e. The second kappa shape index (κ2) is 53.4. The Labute approximate surface area is 828 Å². The monoisotopic (exact) mass is 1980 g/mol. The Morgan fingerprint density at radius 1 is 0.443 bits per heavy atom. The first-order valence-corrected chi connectivity index (χ1v) is 50.3. The number of aliphatic imine (C=N–C) groups is 1. The number of benzene rings is 10. The molecule has 16 rings (SSSR count). The van der Waals surface area contributed by atoms with Gasteiger partial charge in [-0.15, -0.1) is 0 Å². The molecule has 2 saturated carbocycles. The van der Waals surface area contributed by atoms with Crippen LogP contribution in [0.3, 0.4) is 0 Å². The van der Waals surface area contributed by atoms with Crippen LogP contribution in [0.1, 0.15) is 189 Å². The predicted molar refractivity (Wildman–Crippen MR) is 547 cm³/mol. The lowest BCUT2D eigenvalue weighted by atomic mass is 10.1. The van der Waals surface area contributed by atoms with Gasteiger partial charge in [0.05, 0.1) is 47.9 Å². The number of ether oxygens (including phenoxy) is 3. The van der Waals surface area contributed by atoms with Crippen molar-refractivity contribution >= 4 is 114 Å². The Morgan fingerprint density at radius 3 is 1.14 bits per heavy atom. The van der Waals surface area contributed by atoms with E-state index in [1.807, 2.05) is 105 Å². The molecule has 10 aromatic rings. The number of nitro groups is 2. The van der Waals surface area contributed by atoms with Crippen molar-refractivity contribution in [2.24, 2.45) is 10.7 Å². The minimum Gasteiger partial charge on any atom is -0.465 e. The third-order valence-corrected chi connectivity index (χ3v) is 28.3. The summed E-state index contributed by atoms with van der Waals surface area (Å²) in [6.07, 6.45) is 18.3. The van der Waals surface area contributed by atoms with Gasteiger partial charge >= 0.3 is 17.9 Å². The van der Waals surface area contributed by atoms with Gasteiger partial charge in [-0.05, 0) is 239 Å². The van der Waals surface area contributed by atoms with Crippen LogP contribution in [0.4, 0.5) is 17.1 Å². The number of nitrogens with two attached hydrogens (primary N) is 2. The highest BCUT2D eigenvalue weighted by atomic mass is 35.5. The summed E-state index contributed by atoms with van der Waals surface area (Å²) in [4.78, 5) is 105. The van der Waals surface area contributed by atoms with Crippen molar-refractivity contribution in [2.45, 2.75) is 153 Å². The van der Waals surface area contributed by atoms with E-state index in [0.29, 0.717) is 112 Å². The first kappa shape index (κ1) is 107. The number of aryl methyl sites for hydroxylation is 2. The number of hydrogen-bond acceptors (Lipinski definition) is 23. The van der Waals surface area contributed by atoms with Crippen LogP contribution in [0.15, 0.2) is 258 Å². The molecule has 738 valence electrons. The maximum atomic E-state index is 13.5. The molecule has 4 atom stereocenters. The quantitative estimate of drug-likeness (QED) is 0.00759. The molecule has 6 fully saturated rings. The van der Waals surface area contributed by atoms with E-state index in [-0.39, 0.29) is 85.3 Å². The second-order valence-electron chi connectivity index (χ2n) is 34.9. The number of carbonyl (C=O) groups excluding carboxylic acids is 6. The van der Waals surface area contributed by atoms with E-state index in [9.17, 15) is 65.8 Å². The fourth-order valence-corrected chi connectivity index (χ4v) is 19.2. The fraction of sp³-hybridized carbons (Fsp3) is 0.330. The van der Waals surface area contributed by atoms with Gasteiger partial charge in [0.15, 0.2) is 0 Å². The zero-order valence-electron chi connectivity index (χ0n) is 79.2. The molecule has 4 heterocycles. The average molecular weight is 1980 g/mol. The van der Waals surface area contributed by atoms with E-state index in [4.69, 9.17) is 39.4 Å². The molecule has 4 unspecified atom stereocenters.